The molecule has 0 radical (unpaired) electrons. The van der Waals surface area contributed by atoms with Gasteiger partial charge in [0.25, 0.3) is 5.76 Å². The molecular formula is C9H9F2N5OS2. The van der Waals surface area contributed by atoms with Crippen molar-refractivity contribution in [3.8, 4) is 11.4 Å². The van der Waals surface area contributed by atoms with Gasteiger partial charge in [0.05, 0.1) is 17.5 Å². The summed E-state index contributed by atoms with van der Waals surface area (Å²) in [5, 5.41) is 6.67. The first-order valence-electron chi connectivity index (χ1n) is 5.07. The maximum Gasteiger partial charge on any atom is 0.285 e. The molecule has 0 atom stereocenters. The quantitative estimate of drug-likeness (QED) is 0.912. The van der Waals surface area contributed by atoms with Gasteiger partial charge in [-0.25, -0.2) is 0 Å². The zero-order chi connectivity index (χ0) is 13.8. The molecule has 0 aliphatic heterocycles. The summed E-state index contributed by atoms with van der Waals surface area (Å²) in [4.78, 5) is 15.4. The SMILES string of the molecule is Cn1cc(-c2nsc(NC(=O)CSC(F)F)n2)cn1. The summed E-state index contributed by atoms with van der Waals surface area (Å²) in [6, 6.07) is 0. The van der Waals surface area contributed by atoms with Crippen LogP contribution in [0.3, 0.4) is 0 Å². The van der Waals surface area contributed by atoms with Crippen molar-refractivity contribution in [2.45, 2.75) is 5.76 Å². The van der Waals surface area contributed by atoms with E-state index in [1.54, 1.807) is 24.1 Å². The van der Waals surface area contributed by atoms with Gasteiger partial charge in [-0.3, -0.25) is 14.8 Å². The Kier molecular flexibility index (Phi) is 4.43. The van der Waals surface area contributed by atoms with E-state index in [-0.39, 0.29) is 22.6 Å². The molecule has 0 aromatic carbocycles. The highest BCUT2D eigenvalue weighted by Gasteiger charge is 2.12. The molecule has 0 aliphatic carbocycles. The van der Waals surface area contributed by atoms with Crippen LogP contribution in [0.5, 0.6) is 0 Å². The summed E-state index contributed by atoms with van der Waals surface area (Å²) in [6.07, 6.45) is 3.33. The van der Waals surface area contributed by atoms with Crippen LogP contribution in [0.15, 0.2) is 12.4 Å². The van der Waals surface area contributed by atoms with Gasteiger partial charge in [-0.05, 0) is 0 Å². The third-order valence-corrected chi connectivity index (χ3v) is 3.29. The Labute approximate surface area is 115 Å². The molecule has 19 heavy (non-hydrogen) atoms. The predicted molar refractivity (Wildman–Crippen MR) is 69.2 cm³/mol. The van der Waals surface area contributed by atoms with Gasteiger partial charge in [-0.1, -0.05) is 11.8 Å². The Morgan fingerprint density at radius 3 is 3.05 bits per heavy atom. The van der Waals surface area contributed by atoms with Crippen molar-refractivity contribution in [3.05, 3.63) is 12.4 Å². The second-order valence-electron chi connectivity index (χ2n) is 3.45. The Balaban J connectivity index is 1.96. The van der Waals surface area contributed by atoms with Gasteiger partial charge in [0.15, 0.2) is 5.82 Å². The number of alkyl halides is 2. The number of aryl methyl sites for hydroxylation is 1. The molecule has 1 amide bonds. The standard InChI is InChI=1S/C9H9F2N5OS2/c1-16-3-5(2-12-16)7-14-9(19-15-7)13-6(17)4-18-8(10)11/h2-3,8H,4H2,1H3,(H,13,14,15,17). The monoisotopic (exact) mass is 305 g/mol. The number of amides is 1. The maximum atomic E-state index is 11.9. The number of hydrogen-bond acceptors (Lipinski definition) is 6. The number of nitrogens with one attached hydrogen (secondary N) is 1. The van der Waals surface area contributed by atoms with E-state index in [1.807, 2.05) is 0 Å². The topological polar surface area (TPSA) is 72.7 Å². The van der Waals surface area contributed by atoms with Crippen molar-refractivity contribution >= 4 is 34.3 Å². The van der Waals surface area contributed by atoms with Crippen molar-refractivity contribution in [3.63, 3.8) is 0 Å². The van der Waals surface area contributed by atoms with E-state index < -0.39 is 11.7 Å². The predicted octanol–water partition coefficient (Wildman–Crippen LogP) is 1.83. The van der Waals surface area contributed by atoms with Gasteiger partial charge in [0.2, 0.25) is 11.0 Å². The third-order valence-electron chi connectivity index (χ3n) is 1.98. The smallest absolute Gasteiger partial charge is 0.285 e. The molecule has 2 heterocycles. The van der Waals surface area contributed by atoms with Gasteiger partial charge in [0.1, 0.15) is 0 Å². The lowest BCUT2D eigenvalue weighted by atomic mass is 10.3. The first-order chi connectivity index (χ1) is 9.04. The largest absolute Gasteiger partial charge is 0.300 e. The summed E-state index contributed by atoms with van der Waals surface area (Å²) >= 11 is 1.25. The number of nitrogens with zero attached hydrogens (tertiary/aromatic N) is 4. The van der Waals surface area contributed by atoms with Crippen LogP contribution in [0.2, 0.25) is 0 Å². The molecule has 2 aromatic rings. The minimum atomic E-state index is -2.56. The molecule has 0 saturated heterocycles. The summed E-state index contributed by atoms with van der Waals surface area (Å²) in [6.45, 7) is 0. The maximum absolute atomic E-state index is 11.9. The van der Waals surface area contributed by atoms with Crippen LogP contribution < -0.4 is 5.32 Å². The Bertz CT molecular complexity index is 570. The number of thioether (sulfide) groups is 1. The fourth-order valence-corrected chi connectivity index (χ4v) is 2.18. The number of halogens is 2. The second kappa shape index (κ2) is 6.06. The molecule has 1 N–H and O–H groups in total. The first-order valence-corrected chi connectivity index (χ1v) is 6.89. The molecule has 10 heteroatoms. The minimum Gasteiger partial charge on any atom is -0.300 e. The molecule has 2 rings (SSSR count). The van der Waals surface area contributed by atoms with E-state index in [9.17, 15) is 13.6 Å². The van der Waals surface area contributed by atoms with Gasteiger partial charge in [-0.2, -0.15) is 23.2 Å². The molecular weight excluding hydrogens is 296 g/mol. The summed E-state index contributed by atoms with van der Waals surface area (Å²) in [5.41, 5.74) is 0.723. The molecule has 0 bridgehead atoms. The van der Waals surface area contributed by atoms with E-state index in [4.69, 9.17) is 0 Å². The Morgan fingerprint density at radius 2 is 2.42 bits per heavy atom. The van der Waals surface area contributed by atoms with Crippen LogP contribution in [0.4, 0.5) is 13.9 Å². The van der Waals surface area contributed by atoms with Gasteiger partial charge in [0, 0.05) is 24.8 Å². The zero-order valence-corrected chi connectivity index (χ0v) is 11.3. The zero-order valence-electron chi connectivity index (χ0n) is 9.71. The number of aromatic nitrogens is 4. The summed E-state index contributed by atoms with van der Waals surface area (Å²) in [5.74, 6) is -2.97. The minimum absolute atomic E-state index is 0.263. The van der Waals surface area contributed by atoms with E-state index in [1.165, 1.54) is 0 Å². The first kappa shape index (κ1) is 13.9. The van der Waals surface area contributed by atoms with Gasteiger partial charge in [-0.15, -0.1) is 0 Å². The van der Waals surface area contributed by atoms with Crippen molar-refractivity contribution in [2.24, 2.45) is 7.05 Å². The molecule has 0 aliphatic rings. The molecule has 0 fully saturated rings. The molecule has 102 valence electrons. The fourth-order valence-electron chi connectivity index (χ4n) is 1.22. The van der Waals surface area contributed by atoms with Crippen LogP contribution in [-0.2, 0) is 11.8 Å². The normalized spacial score (nSPS) is 10.9. The number of rotatable bonds is 5. The lowest BCUT2D eigenvalue weighted by molar-refractivity contribution is -0.113. The molecule has 0 unspecified atom stereocenters. The molecule has 0 saturated carbocycles. The molecule has 2 aromatic heterocycles. The number of carbonyl (C=O) groups is 1. The van der Waals surface area contributed by atoms with Crippen LogP contribution in [0, 0.1) is 0 Å². The van der Waals surface area contributed by atoms with Crippen LogP contribution in [0.1, 0.15) is 0 Å². The molecule has 0 spiro atoms. The van der Waals surface area contributed by atoms with Crippen molar-refractivity contribution in [1.82, 2.24) is 19.1 Å². The highest BCUT2D eigenvalue weighted by Crippen LogP contribution is 2.21. The summed E-state index contributed by atoms with van der Waals surface area (Å²) < 4.78 is 29.5. The van der Waals surface area contributed by atoms with Crippen molar-refractivity contribution in [2.75, 3.05) is 11.1 Å². The lowest BCUT2D eigenvalue weighted by Gasteiger charge is -1.99. The van der Waals surface area contributed by atoms with E-state index in [0.29, 0.717) is 5.82 Å². The van der Waals surface area contributed by atoms with Crippen molar-refractivity contribution in [1.29, 1.82) is 0 Å². The van der Waals surface area contributed by atoms with Crippen molar-refractivity contribution < 1.29 is 13.6 Å². The van der Waals surface area contributed by atoms with Crippen LogP contribution in [0.25, 0.3) is 11.4 Å². The number of anilines is 1. The highest BCUT2D eigenvalue weighted by atomic mass is 32.2. The number of hydrogen-bond donors (Lipinski definition) is 1. The summed E-state index contributed by atoms with van der Waals surface area (Å²) in [7, 11) is 1.76. The van der Waals surface area contributed by atoms with E-state index in [2.05, 4.69) is 19.8 Å². The van der Waals surface area contributed by atoms with Crippen LogP contribution >= 0.6 is 23.3 Å². The third kappa shape index (κ3) is 3.96. The average Bonchev–Trinajstić information content (AvgIpc) is 2.95. The Morgan fingerprint density at radius 1 is 1.63 bits per heavy atom. The number of carbonyl (C=O) groups excluding carboxylic acids is 1. The van der Waals surface area contributed by atoms with Gasteiger partial charge < -0.3 is 0 Å². The molecule has 6 nitrogen and oxygen atoms in total. The second-order valence-corrected chi connectivity index (χ2v) is 5.18. The lowest BCUT2D eigenvalue weighted by Crippen LogP contribution is -2.14. The Hall–Kier alpha value is -1.55. The highest BCUT2D eigenvalue weighted by molar-refractivity contribution is 8.00. The van der Waals surface area contributed by atoms with Gasteiger partial charge >= 0.3 is 0 Å². The van der Waals surface area contributed by atoms with E-state index >= 15 is 0 Å². The van der Waals surface area contributed by atoms with E-state index in [0.717, 1.165) is 17.1 Å². The average molecular weight is 305 g/mol. The fraction of sp³-hybridized carbons (Fsp3) is 0.333. The van der Waals surface area contributed by atoms with Crippen LogP contribution in [-0.4, -0.2) is 36.6 Å².